The maximum atomic E-state index is 12.3. The summed E-state index contributed by atoms with van der Waals surface area (Å²) in [6.07, 6.45) is 3.90. The third-order valence-corrected chi connectivity index (χ3v) is 8.82. The molecular weight excluding hydrogens is 586 g/mol. The van der Waals surface area contributed by atoms with Crippen molar-refractivity contribution < 1.29 is 9.53 Å². The van der Waals surface area contributed by atoms with Gasteiger partial charge in [0, 0.05) is 74.6 Å². The molecule has 2 aliphatic heterocycles. The van der Waals surface area contributed by atoms with Crippen molar-refractivity contribution in [2.75, 3.05) is 42.5 Å². The van der Waals surface area contributed by atoms with Crippen LogP contribution in [0.4, 0.5) is 11.5 Å². The lowest BCUT2D eigenvalue weighted by Gasteiger charge is -2.39. The Balaban J connectivity index is 0.00000139. The number of fused-ring (bicyclic) bond motifs is 2. The van der Waals surface area contributed by atoms with E-state index in [1.54, 1.807) is 12.3 Å². The molecule has 6 rings (SSSR count). The second kappa shape index (κ2) is 14.3. The van der Waals surface area contributed by atoms with E-state index < -0.39 is 0 Å². The summed E-state index contributed by atoms with van der Waals surface area (Å²) in [4.78, 5) is 28.4. The van der Waals surface area contributed by atoms with Crippen LogP contribution in [0.5, 0.6) is 11.6 Å². The molecule has 9 heteroatoms. The number of benzene rings is 2. The number of aromatic nitrogens is 2. The molecule has 2 aromatic heterocycles. The highest BCUT2D eigenvalue weighted by atomic mass is 16.5. The number of nitriles is 2. The number of nitrogens with zero attached hydrogens (tertiary/aromatic N) is 7. The number of rotatable bonds is 6. The molecule has 0 aliphatic carbocycles. The lowest BCUT2D eigenvalue weighted by molar-refractivity contribution is -0.126. The van der Waals surface area contributed by atoms with E-state index in [1.807, 2.05) is 17.9 Å². The minimum absolute atomic E-state index is 0.0576. The van der Waals surface area contributed by atoms with Crippen LogP contribution in [-0.2, 0) is 17.8 Å². The van der Waals surface area contributed by atoms with Crippen LogP contribution in [-0.4, -0.2) is 53.5 Å². The van der Waals surface area contributed by atoms with Crippen molar-refractivity contribution in [2.24, 2.45) is 0 Å². The lowest BCUT2D eigenvalue weighted by Crippen LogP contribution is -2.49. The maximum absolute atomic E-state index is 12.3. The van der Waals surface area contributed by atoms with Gasteiger partial charge in [0.15, 0.2) is 5.75 Å². The van der Waals surface area contributed by atoms with Gasteiger partial charge in [0.25, 0.3) is 0 Å². The Hall–Kier alpha value is -5.41. The summed E-state index contributed by atoms with van der Waals surface area (Å²) in [5, 5.41) is 20.4. The molecule has 4 heterocycles. The Labute approximate surface area is 277 Å². The number of carbonyl (C=O) groups is 1. The summed E-state index contributed by atoms with van der Waals surface area (Å²) < 4.78 is 6.61. The van der Waals surface area contributed by atoms with Crippen LogP contribution in [0.3, 0.4) is 0 Å². The summed E-state index contributed by atoms with van der Waals surface area (Å²) in [6.45, 7) is 17.2. The van der Waals surface area contributed by atoms with Gasteiger partial charge in [-0.25, -0.2) is 0 Å². The Kier molecular flexibility index (Phi) is 10.1. The fourth-order valence-corrected chi connectivity index (χ4v) is 6.49. The molecule has 2 aromatic carbocycles. The minimum Gasteiger partial charge on any atom is -0.435 e. The number of piperazine rings is 1. The Morgan fingerprint density at radius 3 is 2.34 bits per heavy atom. The van der Waals surface area contributed by atoms with Gasteiger partial charge in [-0.15, -0.1) is 0 Å². The van der Waals surface area contributed by atoms with E-state index >= 15 is 0 Å². The molecule has 0 bridgehead atoms. The number of hydrogen-bond acceptors (Lipinski definition) is 8. The quantitative estimate of drug-likeness (QED) is 0.211. The maximum Gasteiger partial charge on any atom is 0.246 e. The molecule has 9 nitrogen and oxygen atoms in total. The van der Waals surface area contributed by atoms with Crippen molar-refractivity contribution in [3.8, 4) is 23.8 Å². The number of amides is 1. The number of ether oxygens (including phenoxy) is 1. The zero-order valence-corrected chi connectivity index (χ0v) is 27.9. The van der Waals surface area contributed by atoms with Gasteiger partial charge in [-0.2, -0.15) is 15.5 Å². The van der Waals surface area contributed by atoms with Crippen molar-refractivity contribution in [1.29, 1.82) is 10.5 Å². The van der Waals surface area contributed by atoms with Gasteiger partial charge in [-0.3, -0.25) is 9.78 Å². The fraction of sp³-hybridized carbons (Fsp3) is 0.342. The molecule has 1 amide bonds. The summed E-state index contributed by atoms with van der Waals surface area (Å²) in [5.41, 5.74) is 6.65. The van der Waals surface area contributed by atoms with E-state index in [-0.39, 0.29) is 11.8 Å². The van der Waals surface area contributed by atoms with Crippen molar-refractivity contribution in [3.05, 3.63) is 94.8 Å². The van der Waals surface area contributed by atoms with Gasteiger partial charge in [0.1, 0.15) is 17.5 Å². The van der Waals surface area contributed by atoms with Crippen molar-refractivity contribution in [2.45, 2.75) is 53.5 Å². The summed E-state index contributed by atoms with van der Waals surface area (Å²) in [5.74, 6) is 1.86. The van der Waals surface area contributed by atoms with Gasteiger partial charge in [0.2, 0.25) is 11.8 Å². The van der Waals surface area contributed by atoms with E-state index in [4.69, 9.17) is 15.0 Å². The summed E-state index contributed by atoms with van der Waals surface area (Å²) in [6, 6.07) is 19.0. The molecule has 2 aliphatic rings. The van der Waals surface area contributed by atoms with Crippen LogP contribution >= 0.6 is 0 Å². The fourth-order valence-electron chi connectivity index (χ4n) is 6.49. The molecule has 4 aromatic rings. The molecule has 0 radical (unpaired) electrons. The number of pyridine rings is 2. The zero-order chi connectivity index (χ0) is 33.7. The van der Waals surface area contributed by atoms with Gasteiger partial charge < -0.3 is 19.4 Å². The van der Waals surface area contributed by atoms with Crippen LogP contribution in [0.25, 0.3) is 10.8 Å². The first-order chi connectivity index (χ1) is 22.7. The van der Waals surface area contributed by atoms with Crippen LogP contribution in [0.1, 0.15) is 60.2 Å². The Morgan fingerprint density at radius 1 is 0.979 bits per heavy atom. The highest BCUT2D eigenvalue weighted by Gasteiger charge is 2.32. The summed E-state index contributed by atoms with van der Waals surface area (Å²) in [7, 11) is 0. The molecule has 240 valence electrons. The molecule has 47 heavy (non-hydrogen) atoms. The van der Waals surface area contributed by atoms with Crippen molar-refractivity contribution in [3.63, 3.8) is 0 Å². The number of anilines is 2. The first-order valence-electron chi connectivity index (χ1n) is 16.0. The van der Waals surface area contributed by atoms with E-state index in [0.29, 0.717) is 49.9 Å². The van der Waals surface area contributed by atoms with Crippen LogP contribution in [0, 0.1) is 36.5 Å². The molecule has 1 fully saturated rings. The molecule has 0 N–H and O–H groups in total. The minimum atomic E-state index is -0.0576. The molecule has 0 spiro atoms. The standard InChI is InChI=1S/C36H38N6O2.C2H3N/c1-6-31(43)40-17-19-41(20-18-40)35-27-14-16-42(30-12-8-11-26-10-7-9-24(4)32(26)30)22-29(27)28(21-37)36(39-35)44-34-25(5)13-15-38-33(34)23(2)3;1-2-3/h6-13,15,23H,1,14,16-20,22H2,2-5H3;1H3. The first kappa shape index (κ1) is 33.0. The van der Waals surface area contributed by atoms with Gasteiger partial charge in [-0.05, 0) is 60.9 Å². The Bertz CT molecular complexity index is 1890. The average Bonchev–Trinajstić information content (AvgIpc) is 3.08. The van der Waals surface area contributed by atoms with Gasteiger partial charge in [-0.1, -0.05) is 50.8 Å². The van der Waals surface area contributed by atoms with Crippen molar-refractivity contribution in [1.82, 2.24) is 14.9 Å². The van der Waals surface area contributed by atoms with Crippen LogP contribution in [0.15, 0.2) is 61.3 Å². The third-order valence-electron chi connectivity index (χ3n) is 8.82. The first-order valence-corrected chi connectivity index (χ1v) is 16.0. The third kappa shape index (κ3) is 6.62. The van der Waals surface area contributed by atoms with Gasteiger partial charge in [0.05, 0.1) is 11.8 Å². The van der Waals surface area contributed by atoms with Crippen LogP contribution in [0.2, 0.25) is 0 Å². The van der Waals surface area contributed by atoms with E-state index in [0.717, 1.165) is 46.9 Å². The molecule has 1 saturated heterocycles. The molecule has 0 saturated carbocycles. The smallest absolute Gasteiger partial charge is 0.246 e. The number of aryl methyl sites for hydroxylation is 2. The van der Waals surface area contributed by atoms with E-state index in [1.165, 1.54) is 29.3 Å². The highest BCUT2D eigenvalue weighted by Crippen LogP contribution is 2.41. The van der Waals surface area contributed by atoms with Crippen LogP contribution < -0.4 is 14.5 Å². The average molecular weight is 628 g/mol. The molecular formula is C38H41N7O2. The monoisotopic (exact) mass is 627 g/mol. The predicted octanol–water partition coefficient (Wildman–Crippen LogP) is 6.96. The number of carbonyl (C=O) groups excluding carboxylic acids is 1. The molecule has 0 unspecified atom stereocenters. The lowest BCUT2D eigenvalue weighted by atomic mass is 9.94. The SMILES string of the molecule is C=CC(=O)N1CCN(c2nc(Oc3c(C)ccnc3C(C)C)c(C#N)c3c2CCN(c2cccc4cccc(C)c24)C3)CC1.CC#N. The Morgan fingerprint density at radius 2 is 1.68 bits per heavy atom. The number of hydrogen-bond donors (Lipinski definition) is 0. The largest absolute Gasteiger partial charge is 0.435 e. The second-order valence-electron chi connectivity index (χ2n) is 12.1. The second-order valence-corrected chi connectivity index (χ2v) is 12.1. The van der Waals surface area contributed by atoms with Gasteiger partial charge >= 0.3 is 0 Å². The van der Waals surface area contributed by atoms with E-state index in [2.05, 4.69) is 84.6 Å². The van der Waals surface area contributed by atoms with Crippen molar-refractivity contribution >= 4 is 28.2 Å². The highest BCUT2D eigenvalue weighted by molar-refractivity contribution is 5.97. The van der Waals surface area contributed by atoms with E-state index in [9.17, 15) is 10.1 Å². The topological polar surface area (TPSA) is 109 Å². The summed E-state index contributed by atoms with van der Waals surface area (Å²) >= 11 is 0. The zero-order valence-electron chi connectivity index (χ0n) is 27.9. The normalized spacial score (nSPS) is 14.1. The predicted molar refractivity (Wildman–Crippen MR) is 186 cm³/mol. The molecule has 0 atom stereocenters.